The molecule has 1 aliphatic heterocycles. The summed E-state index contributed by atoms with van der Waals surface area (Å²) in [6.45, 7) is 0.850. The number of ether oxygens (including phenoxy) is 2. The van der Waals surface area contributed by atoms with E-state index >= 15 is 0 Å². The lowest BCUT2D eigenvalue weighted by Gasteiger charge is -2.37. The van der Waals surface area contributed by atoms with Crippen molar-refractivity contribution in [3.8, 4) is 17.5 Å². The van der Waals surface area contributed by atoms with Crippen molar-refractivity contribution in [3.63, 3.8) is 0 Å². The number of imidazole rings is 1. The molecule has 1 fully saturated rings. The van der Waals surface area contributed by atoms with Crippen LogP contribution in [0.25, 0.3) is 11.2 Å². The van der Waals surface area contributed by atoms with Gasteiger partial charge in [0.15, 0.2) is 11.4 Å². The first-order chi connectivity index (χ1) is 15.1. The molecule has 1 saturated heterocycles. The first kappa shape index (κ1) is 22.0. The minimum Gasteiger partial charge on any atom is -0.482 e. The fourth-order valence-corrected chi connectivity index (χ4v) is 4.70. The monoisotopic (exact) mass is 469 g/mol. The number of pyridine rings is 2. The Bertz CT molecular complexity index is 1210. The van der Waals surface area contributed by atoms with Gasteiger partial charge >= 0.3 is 0 Å². The Morgan fingerprint density at radius 2 is 2.09 bits per heavy atom. The number of hydrogen-bond donors (Lipinski definition) is 1. The van der Waals surface area contributed by atoms with Crippen LogP contribution in [-0.2, 0) is 17.8 Å². The van der Waals surface area contributed by atoms with E-state index in [-0.39, 0.29) is 23.3 Å². The Labute approximate surface area is 182 Å². The van der Waals surface area contributed by atoms with Gasteiger partial charge in [0, 0.05) is 41.5 Å². The van der Waals surface area contributed by atoms with Crippen molar-refractivity contribution in [1.82, 2.24) is 24.8 Å². The standard InChI is InChI=1S/C19H18F3N5O4S/c1-19(8-32(29)9-19)26-17(28)16-24-11-3-4-14(25-15(11)27(16)2)31-18-12(30-7-13(21)22)5-10(20)6-23-18/h3-6,13H,7-9H2,1-2H3,(H,26,28). The Morgan fingerprint density at radius 1 is 1.34 bits per heavy atom. The maximum absolute atomic E-state index is 13.5. The molecule has 4 rings (SSSR count). The van der Waals surface area contributed by atoms with Gasteiger partial charge in [0.05, 0.1) is 11.7 Å². The predicted octanol–water partition coefficient (Wildman–Crippen LogP) is 2.19. The van der Waals surface area contributed by atoms with Gasteiger partial charge in [-0.15, -0.1) is 0 Å². The van der Waals surface area contributed by atoms with E-state index in [1.165, 1.54) is 10.6 Å². The van der Waals surface area contributed by atoms with Crippen molar-refractivity contribution in [2.45, 2.75) is 18.9 Å². The fourth-order valence-electron chi connectivity index (χ4n) is 3.22. The van der Waals surface area contributed by atoms with Crippen LogP contribution in [0.1, 0.15) is 17.5 Å². The quantitative estimate of drug-likeness (QED) is 0.565. The van der Waals surface area contributed by atoms with Crippen LogP contribution in [0.3, 0.4) is 0 Å². The van der Waals surface area contributed by atoms with E-state index in [1.54, 1.807) is 13.1 Å². The molecule has 0 atom stereocenters. The first-order valence-electron chi connectivity index (χ1n) is 9.39. The average molecular weight is 469 g/mol. The highest BCUT2D eigenvalue weighted by molar-refractivity contribution is 7.86. The van der Waals surface area contributed by atoms with Gasteiger partial charge in [-0.05, 0) is 13.0 Å². The molecule has 13 heteroatoms. The Morgan fingerprint density at radius 3 is 2.78 bits per heavy atom. The van der Waals surface area contributed by atoms with Crippen molar-refractivity contribution >= 4 is 27.9 Å². The number of carbonyl (C=O) groups excluding carboxylic acids is 1. The van der Waals surface area contributed by atoms with Crippen LogP contribution in [0.2, 0.25) is 0 Å². The van der Waals surface area contributed by atoms with Crippen LogP contribution in [0.5, 0.6) is 17.5 Å². The second-order valence-corrected chi connectivity index (χ2v) is 8.95. The van der Waals surface area contributed by atoms with E-state index in [0.29, 0.717) is 22.7 Å². The number of rotatable bonds is 7. The molecule has 0 saturated carbocycles. The summed E-state index contributed by atoms with van der Waals surface area (Å²) < 4.78 is 61.6. The molecule has 0 unspecified atom stereocenters. The number of carbonyl (C=O) groups is 1. The van der Waals surface area contributed by atoms with E-state index in [1.807, 2.05) is 6.92 Å². The number of halogens is 3. The molecule has 0 bridgehead atoms. The van der Waals surface area contributed by atoms with Crippen molar-refractivity contribution in [3.05, 3.63) is 36.0 Å². The molecule has 170 valence electrons. The van der Waals surface area contributed by atoms with Crippen LogP contribution < -0.4 is 14.8 Å². The third-order valence-corrected chi connectivity index (χ3v) is 6.54. The molecule has 9 nitrogen and oxygen atoms in total. The topological polar surface area (TPSA) is 108 Å². The average Bonchev–Trinajstić information content (AvgIpc) is 3.03. The third kappa shape index (κ3) is 4.52. The minimum atomic E-state index is -2.76. The summed E-state index contributed by atoms with van der Waals surface area (Å²) in [5, 5.41) is 2.83. The summed E-state index contributed by atoms with van der Waals surface area (Å²) >= 11 is 0. The van der Waals surface area contributed by atoms with Gasteiger partial charge in [0.1, 0.15) is 17.9 Å². The molecule has 0 aliphatic carbocycles. The minimum absolute atomic E-state index is 0.00909. The first-order valence-corrected chi connectivity index (χ1v) is 10.9. The lowest BCUT2D eigenvalue weighted by Crippen LogP contribution is -2.61. The Balaban J connectivity index is 1.58. The maximum atomic E-state index is 13.5. The molecule has 1 N–H and O–H groups in total. The lowest BCUT2D eigenvalue weighted by molar-refractivity contribution is 0.0801. The molecular weight excluding hydrogens is 451 g/mol. The number of nitrogens with zero attached hydrogens (tertiary/aromatic N) is 4. The summed E-state index contributed by atoms with van der Waals surface area (Å²) in [4.78, 5) is 25.0. The third-order valence-electron chi connectivity index (χ3n) is 4.62. The highest BCUT2D eigenvalue weighted by Crippen LogP contribution is 2.30. The molecule has 0 spiro atoms. The van der Waals surface area contributed by atoms with Crippen LogP contribution in [0.4, 0.5) is 13.2 Å². The van der Waals surface area contributed by atoms with Crippen molar-refractivity contribution in [2.24, 2.45) is 7.05 Å². The number of fused-ring (bicyclic) bond motifs is 1. The zero-order valence-corrected chi connectivity index (χ0v) is 17.8. The summed E-state index contributed by atoms with van der Waals surface area (Å²) in [6.07, 6.45) is -1.91. The second kappa shape index (κ2) is 8.37. The SMILES string of the molecule is Cn1c(C(=O)NC2(C)CS(=O)C2)nc2ccc(Oc3ncc(F)cc3OCC(F)F)nc21. The normalized spacial score (nSPS) is 20.2. The van der Waals surface area contributed by atoms with E-state index in [2.05, 4.69) is 20.3 Å². The molecule has 0 aromatic carbocycles. The van der Waals surface area contributed by atoms with Crippen molar-refractivity contribution in [1.29, 1.82) is 0 Å². The molecule has 0 radical (unpaired) electrons. The predicted molar refractivity (Wildman–Crippen MR) is 108 cm³/mol. The van der Waals surface area contributed by atoms with E-state index < -0.39 is 41.1 Å². The number of hydrogen-bond acceptors (Lipinski definition) is 7. The zero-order chi connectivity index (χ0) is 23.0. The highest BCUT2D eigenvalue weighted by Gasteiger charge is 2.40. The van der Waals surface area contributed by atoms with Crippen LogP contribution >= 0.6 is 0 Å². The highest BCUT2D eigenvalue weighted by atomic mass is 32.2. The largest absolute Gasteiger partial charge is 0.482 e. The van der Waals surface area contributed by atoms with Gasteiger partial charge < -0.3 is 19.4 Å². The van der Waals surface area contributed by atoms with Gasteiger partial charge in [-0.3, -0.25) is 9.00 Å². The van der Waals surface area contributed by atoms with Crippen LogP contribution in [-0.4, -0.2) is 59.7 Å². The summed E-state index contributed by atoms with van der Waals surface area (Å²) in [7, 11) is 0.656. The Hall–Kier alpha value is -3.22. The molecular formula is C19H18F3N5O4S. The van der Waals surface area contributed by atoms with Crippen LogP contribution in [0, 0.1) is 5.82 Å². The summed E-state index contributed by atoms with van der Waals surface area (Å²) in [5.41, 5.74) is 0.172. The smallest absolute Gasteiger partial charge is 0.287 e. The molecule has 3 aromatic heterocycles. The molecule has 4 heterocycles. The molecule has 1 aliphatic rings. The van der Waals surface area contributed by atoms with Gasteiger partial charge in [0.25, 0.3) is 18.2 Å². The number of aryl methyl sites for hydroxylation is 1. The number of aromatic nitrogens is 4. The molecule has 3 aromatic rings. The maximum Gasteiger partial charge on any atom is 0.287 e. The summed E-state index contributed by atoms with van der Waals surface area (Å²) in [6, 6.07) is 3.87. The second-order valence-electron chi connectivity index (χ2n) is 7.49. The van der Waals surface area contributed by atoms with E-state index in [4.69, 9.17) is 9.47 Å². The lowest BCUT2D eigenvalue weighted by atomic mass is 10.1. The van der Waals surface area contributed by atoms with Crippen molar-refractivity contribution < 1.29 is 31.6 Å². The molecule has 32 heavy (non-hydrogen) atoms. The van der Waals surface area contributed by atoms with Gasteiger partial charge in [-0.25, -0.2) is 23.1 Å². The fraction of sp³-hybridized carbons (Fsp3) is 0.368. The molecule has 1 amide bonds. The zero-order valence-electron chi connectivity index (χ0n) is 17.0. The summed E-state index contributed by atoms with van der Waals surface area (Å²) in [5.74, 6) is -0.905. The van der Waals surface area contributed by atoms with E-state index in [9.17, 15) is 22.2 Å². The van der Waals surface area contributed by atoms with Crippen molar-refractivity contribution in [2.75, 3.05) is 18.1 Å². The van der Waals surface area contributed by atoms with Gasteiger partial charge in [-0.1, -0.05) is 0 Å². The van der Waals surface area contributed by atoms with Gasteiger partial charge in [0.2, 0.25) is 11.7 Å². The number of nitrogens with one attached hydrogen (secondary N) is 1. The van der Waals surface area contributed by atoms with Crippen LogP contribution in [0.15, 0.2) is 24.4 Å². The number of alkyl halides is 2. The Kier molecular flexibility index (Phi) is 5.75. The van der Waals surface area contributed by atoms with E-state index in [0.717, 1.165) is 12.3 Å². The number of amides is 1. The van der Waals surface area contributed by atoms with Gasteiger partial charge in [-0.2, -0.15) is 4.98 Å².